The van der Waals surface area contributed by atoms with E-state index in [0.29, 0.717) is 5.75 Å². The van der Waals surface area contributed by atoms with E-state index in [1.807, 2.05) is 6.92 Å². The van der Waals surface area contributed by atoms with Crippen LogP contribution in [0.4, 0.5) is 0 Å². The van der Waals surface area contributed by atoms with E-state index in [1.54, 1.807) is 24.3 Å². The Morgan fingerprint density at radius 3 is 2.50 bits per heavy atom. The quantitative estimate of drug-likeness (QED) is 0.423. The van der Waals surface area contributed by atoms with Gasteiger partial charge < -0.3 is 9.29 Å². The van der Waals surface area contributed by atoms with Crippen LogP contribution in [0.5, 0.6) is 5.75 Å². The molecule has 1 atom stereocenters. The fraction of sp³-hybridized carbons (Fsp3) is 0.222. The number of rotatable bonds is 3. The van der Waals surface area contributed by atoms with E-state index in [9.17, 15) is 13.6 Å². The number of hydrogen-bond acceptors (Lipinski definition) is 4. The van der Waals surface area contributed by atoms with Crippen LogP contribution >= 0.6 is 0 Å². The zero-order valence-corrected chi connectivity index (χ0v) is 8.37. The van der Waals surface area contributed by atoms with Crippen molar-refractivity contribution in [2.45, 2.75) is 6.92 Å². The molecule has 1 aromatic carbocycles. The van der Waals surface area contributed by atoms with Crippen molar-refractivity contribution in [3.05, 3.63) is 29.8 Å². The molecule has 0 amide bonds. The molecular weight excluding hydrogens is 204 g/mol. The fourth-order valence-corrected chi connectivity index (χ4v) is 1.11. The monoisotopic (exact) mass is 213 g/mol. The van der Waals surface area contributed by atoms with Gasteiger partial charge in [-0.2, -0.15) is 0 Å². The lowest BCUT2D eigenvalue weighted by molar-refractivity contribution is -0.131. The van der Waals surface area contributed by atoms with Crippen LogP contribution in [0.15, 0.2) is 24.3 Å². The van der Waals surface area contributed by atoms with Gasteiger partial charge in [-0.3, -0.25) is 9.00 Å². The Morgan fingerprint density at radius 1 is 1.43 bits per heavy atom. The van der Waals surface area contributed by atoms with E-state index < -0.39 is 22.8 Å². The molecule has 0 saturated heterocycles. The van der Waals surface area contributed by atoms with Gasteiger partial charge in [0.05, 0.1) is 0 Å². The van der Waals surface area contributed by atoms with Gasteiger partial charge in [-0.25, -0.2) is 0 Å². The van der Waals surface area contributed by atoms with Gasteiger partial charge in [0.15, 0.2) is 0 Å². The predicted molar refractivity (Wildman–Crippen MR) is 50.6 cm³/mol. The number of esters is 1. The Morgan fingerprint density at radius 2 is 2.00 bits per heavy atom. The summed E-state index contributed by atoms with van der Waals surface area (Å²) in [6.07, 6.45) is 0. The number of carbonyl (C=O) groups is 1. The number of aryl methyl sites for hydroxylation is 1. The van der Waals surface area contributed by atoms with Gasteiger partial charge in [-0.15, -0.1) is 0 Å². The predicted octanol–water partition coefficient (Wildman–Crippen LogP) is 0.780. The molecule has 76 valence electrons. The van der Waals surface area contributed by atoms with E-state index in [4.69, 9.17) is 4.74 Å². The van der Waals surface area contributed by atoms with Crippen LogP contribution in [0.25, 0.3) is 0 Å². The maximum atomic E-state index is 10.9. The summed E-state index contributed by atoms with van der Waals surface area (Å²) in [5.41, 5.74) is 1.04. The van der Waals surface area contributed by atoms with Crippen molar-refractivity contribution in [2.24, 2.45) is 0 Å². The molecule has 0 spiro atoms. The second-order valence-corrected chi connectivity index (χ2v) is 3.63. The minimum Gasteiger partial charge on any atom is -0.772 e. The topological polar surface area (TPSA) is 66.4 Å². The van der Waals surface area contributed by atoms with Crippen molar-refractivity contribution in [3.63, 3.8) is 0 Å². The van der Waals surface area contributed by atoms with Crippen LogP contribution < -0.4 is 4.74 Å². The highest BCUT2D eigenvalue weighted by atomic mass is 32.2. The van der Waals surface area contributed by atoms with Crippen molar-refractivity contribution < 1.29 is 18.3 Å². The number of benzene rings is 1. The Bertz CT molecular complexity index is 344. The van der Waals surface area contributed by atoms with Gasteiger partial charge in [0.1, 0.15) is 11.5 Å². The molecule has 0 saturated carbocycles. The molecule has 0 aliphatic rings. The molecule has 0 aliphatic heterocycles. The number of ether oxygens (including phenoxy) is 1. The number of carbonyl (C=O) groups excluding carboxylic acids is 1. The van der Waals surface area contributed by atoms with Crippen LogP contribution in [0.2, 0.25) is 0 Å². The largest absolute Gasteiger partial charge is 0.772 e. The lowest BCUT2D eigenvalue weighted by Gasteiger charge is -2.05. The highest BCUT2D eigenvalue weighted by Gasteiger charge is 2.03. The Labute approximate surface area is 84.2 Å². The maximum absolute atomic E-state index is 10.9. The maximum Gasteiger partial charge on any atom is 0.322 e. The van der Waals surface area contributed by atoms with Crippen molar-refractivity contribution in [1.29, 1.82) is 0 Å². The van der Waals surface area contributed by atoms with Crippen LogP contribution in [0, 0.1) is 6.92 Å². The lowest BCUT2D eigenvalue weighted by Crippen LogP contribution is -2.16. The molecule has 5 heteroatoms. The second kappa shape index (κ2) is 4.88. The molecule has 0 radical (unpaired) electrons. The molecule has 14 heavy (non-hydrogen) atoms. The van der Waals surface area contributed by atoms with Gasteiger partial charge in [0.25, 0.3) is 0 Å². The van der Waals surface area contributed by atoms with E-state index >= 15 is 0 Å². The van der Waals surface area contributed by atoms with E-state index in [2.05, 4.69) is 0 Å². The second-order valence-electron chi connectivity index (χ2n) is 2.74. The summed E-state index contributed by atoms with van der Waals surface area (Å²) in [5.74, 6) is -1.04. The van der Waals surface area contributed by atoms with E-state index in [0.717, 1.165) is 5.56 Å². The normalized spacial score (nSPS) is 12.1. The van der Waals surface area contributed by atoms with E-state index in [-0.39, 0.29) is 0 Å². The Hall–Kier alpha value is -1.20. The summed E-state index contributed by atoms with van der Waals surface area (Å²) in [7, 11) is 0. The molecule has 0 heterocycles. The molecule has 0 aromatic heterocycles. The third-order valence-electron chi connectivity index (χ3n) is 1.49. The van der Waals surface area contributed by atoms with Crippen LogP contribution in [0.3, 0.4) is 0 Å². The molecule has 1 aromatic rings. The molecule has 0 N–H and O–H groups in total. The van der Waals surface area contributed by atoms with Gasteiger partial charge in [0, 0.05) is 0 Å². The summed E-state index contributed by atoms with van der Waals surface area (Å²) >= 11 is -2.40. The summed E-state index contributed by atoms with van der Waals surface area (Å²) in [6, 6.07) is 6.77. The molecule has 0 fully saturated rings. The fourth-order valence-electron chi connectivity index (χ4n) is 0.863. The minimum absolute atomic E-state index is 0.353. The van der Waals surface area contributed by atoms with Crippen LogP contribution in [-0.4, -0.2) is 20.5 Å². The minimum atomic E-state index is -2.40. The third-order valence-corrected chi connectivity index (χ3v) is 1.96. The van der Waals surface area contributed by atoms with Crippen molar-refractivity contribution >= 4 is 17.0 Å². The standard InChI is InChI=1S/C9H10O4S/c1-7-2-4-8(5-3-7)13-9(10)6-14(11)12/h2-5H,6H2,1H3,(H,11,12)/p-1. The van der Waals surface area contributed by atoms with Crippen molar-refractivity contribution in [3.8, 4) is 5.75 Å². The van der Waals surface area contributed by atoms with Gasteiger partial charge in [0.2, 0.25) is 0 Å². The third kappa shape index (κ3) is 3.68. The summed E-state index contributed by atoms with van der Waals surface area (Å²) < 4.78 is 25.1. The average Bonchev–Trinajstić information content (AvgIpc) is 2.07. The highest BCUT2D eigenvalue weighted by Crippen LogP contribution is 2.11. The Balaban J connectivity index is 2.56. The summed E-state index contributed by atoms with van der Waals surface area (Å²) in [6.45, 7) is 1.90. The molecule has 1 unspecified atom stereocenters. The highest BCUT2D eigenvalue weighted by molar-refractivity contribution is 7.79. The van der Waals surface area contributed by atoms with Gasteiger partial charge >= 0.3 is 5.97 Å². The van der Waals surface area contributed by atoms with Gasteiger partial charge in [-0.1, -0.05) is 17.7 Å². The lowest BCUT2D eigenvalue weighted by atomic mass is 10.2. The first-order valence-electron chi connectivity index (χ1n) is 3.91. The molecular formula is C9H9O4S-. The summed E-state index contributed by atoms with van der Waals surface area (Å²) in [5, 5.41) is 0. The molecule has 0 bridgehead atoms. The first kappa shape index (κ1) is 10.9. The zero-order chi connectivity index (χ0) is 10.6. The van der Waals surface area contributed by atoms with Crippen molar-refractivity contribution in [1.82, 2.24) is 0 Å². The molecule has 4 nitrogen and oxygen atoms in total. The first-order valence-corrected chi connectivity index (χ1v) is 5.15. The summed E-state index contributed by atoms with van der Waals surface area (Å²) in [4.78, 5) is 10.9. The zero-order valence-electron chi connectivity index (χ0n) is 7.56. The smallest absolute Gasteiger partial charge is 0.322 e. The van der Waals surface area contributed by atoms with Crippen molar-refractivity contribution in [2.75, 3.05) is 5.75 Å². The molecule has 0 aliphatic carbocycles. The van der Waals surface area contributed by atoms with E-state index in [1.165, 1.54) is 0 Å². The first-order chi connectivity index (χ1) is 6.58. The number of hydrogen-bond donors (Lipinski definition) is 0. The van der Waals surface area contributed by atoms with Crippen LogP contribution in [0.1, 0.15) is 5.56 Å². The SMILES string of the molecule is Cc1ccc(OC(=O)CS(=O)[O-])cc1. The van der Waals surface area contributed by atoms with Gasteiger partial charge in [-0.05, 0) is 30.1 Å². The molecule has 1 rings (SSSR count). The Kier molecular flexibility index (Phi) is 3.79. The average molecular weight is 213 g/mol. The van der Waals surface area contributed by atoms with Crippen LogP contribution in [-0.2, 0) is 15.9 Å².